The average molecular weight is 453 g/mol. The minimum absolute atomic E-state index is 0.0255. The highest BCUT2D eigenvalue weighted by atomic mass is 17.0. The van der Waals surface area contributed by atoms with Crippen molar-refractivity contribution in [2.75, 3.05) is 20.3 Å². The van der Waals surface area contributed by atoms with Crippen LogP contribution < -0.4 is 5.32 Å². The number of nitro groups is 1. The van der Waals surface area contributed by atoms with E-state index in [4.69, 9.17) is 14.2 Å². The molecule has 1 N–H and O–H groups in total. The van der Waals surface area contributed by atoms with E-state index in [2.05, 4.69) is 14.9 Å². The van der Waals surface area contributed by atoms with Crippen LogP contribution in [0.2, 0.25) is 0 Å². The van der Waals surface area contributed by atoms with Crippen LogP contribution in [0.15, 0.2) is 47.2 Å². The Bertz CT molecular complexity index is 986. The highest BCUT2D eigenvalue weighted by Gasteiger charge is 2.36. The first-order valence-corrected chi connectivity index (χ1v) is 8.94. The van der Waals surface area contributed by atoms with Crippen LogP contribution in [0.1, 0.15) is 25.3 Å². The third-order valence-corrected chi connectivity index (χ3v) is 4.11. The third kappa shape index (κ3) is 6.07. The van der Waals surface area contributed by atoms with E-state index in [1.807, 2.05) is 0 Å². The second-order valence-corrected chi connectivity index (χ2v) is 6.20. The second-order valence-electron chi connectivity index (χ2n) is 6.20. The largest absolute Gasteiger partial charge is 0.513 e. The summed E-state index contributed by atoms with van der Waals surface area (Å²) < 4.78 is 19.8. The van der Waals surface area contributed by atoms with Gasteiger partial charge in [-0.2, -0.15) is 0 Å². The van der Waals surface area contributed by atoms with Gasteiger partial charge in [-0.1, -0.05) is 12.1 Å². The standard InChI is InChI=1S/C18H19N3O11/c1-10-15(31-17(22)28-3)14(12-5-4-6-13(9-12)20(24)25)16(11(2)19-10)32-18(23)29-7-8-30-21(26)27/h4-6,9,14,19H,7-8H2,1-3H3. The Balaban J connectivity index is 2.38. The van der Waals surface area contributed by atoms with E-state index in [0.717, 1.165) is 7.11 Å². The van der Waals surface area contributed by atoms with Crippen LogP contribution in [0, 0.1) is 20.2 Å². The molecule has 0 radical (unpaired) electrons. The molecule has 1 aromatic carbocycles. The fourth-order valence-corrected chi connectivity index (χ4v) is 2.84. The summed E-state index contributed by atoms with van der Waals surface area (Å²) in [5.74, 6) is -1.16. The molecule has 1 aliphatic rings. The zero-order chi connectivity index (χ0) is 23.8. The van der Waals surface area contributed by atoms with E-state index in [0.29, 0.717) is 11.4 Å². The van der Waals surface area contributed by atoms with E-state index in [-0.39, 0.29) is 22.8 Å². The van der Waals surface area contributed by atoms with Crippen LogP contribution in [0.25, 0.3) is 0 Å². The van der Waals surface area contributed by atoms with Gasteiger partial charge in [0.1, 0.15) is 30.6 Å². The van der Waals surface area contributed by atoms with Gasteiger partial charge >= 0.3 is 12.3 Å². The first kappa shape index (κ1) is 23.9. The number of carbonyl (C=O) groups is 2. The Labute approximate surface area is 180 Å². The van der Waals surface area contributed by atoms with Gasteiger partial charge in [0.05, 0.1) is 23.4 Å². The summed E-state index contributed by atoms with van der Waals surface area (Å²) in [6, 6.07) is 5.43. The fraction of sp³-hybridized carbons (Fsp3) is 0.333. The van der Waals surface area contributed by atoms with Crippen molar-refractivity contribution in [3.05, 3.63) is 73.0 Å². The summed E-state index contributed by atoms with van der Waals surface area (Å²) in [4.78, 5) is 48.7. The molecule has 14 nitrogen and oxygen atoms in total. The molecule has 0 fully saturated rings. The number of non-ortho nitro benzene ring substituents is 1. The lowest BCUT2D eigenvalue weighted by Crippen LogP contribution is -2.29. The molecule has 0 saturated carbocycles. The number of carbonyl (C=O) groups excluding carboxylic acids is 2. The van der Waals surface area contributed by atoms with Gasteiger partial charge < -0.3 is 29.1 Å². The molecule has 1 heterocycles. The minimum atomic E-state index is -1.22. The maximum atomic E-state index is 12.1. The molecule has 0 spiro atoms. The molecule has 14 heteroatoms. The summed E-state index contributed by atoms with van der Waals surface area (Å²) in [6.07, 6.45) is -2.28. The van der Waals surface area contributed by atoms with Crippen molar-refractivity contribution in [1.82, 2.24) is 5.32 Å². The SMILES string of the molecule is COC(=O)OC1=C(C)NC(C)=C(OC(=O)OCCO[N+](=O)[O-])C1c1cccc([N+](=O)[O-])c1. The molecule has 0 saturated heterocycles. The van der Waals surface area contributed by atoms with Crippen LogP contribution >= 0.6 is 0 Å². The molecular formula is C18H19N3O11. The molecular weight excluding hydrogens is 434 g/mol. The van der Waals surface area contributed by atoms with E-state index < -0.39 is 41.5 Å². The van der Waals surface area contributed by atoms with Crippen LogP contribution in [0.5, 0.6) is 0 Å². The molecule has 2 rings (SSSR count). The minimum Gasteiger partial charge on any atom is -0.437 e. The molecule has 0 amide bonds. The van der Waals surface area contributed by atoms with Crippen molar-refractivity contribution in [3.63, 3.8) is 0 Å². The number of methoxy groups -OCH3 is 1. The van der Waals surface area contributed by atoms with Crippen LogP contribution in [-0.4, -0.2) is 42.6 Å². The summed E-state index contributed by atoms with van der Waals surface area (Å²) >= 11 is 0. The van der Waals surface area contributed by atoms with Crippen molar-refractivity contribution in [1.29, 1.82) is 0 Å². The third-order valence-electron chi connectivity index (χ3n) is 4.11. The number of hydrogen-bond donors (Lipinski definition) is 1. The Morgan fingerprint density at radius 2 is 1.66 bits per heavy atom. The van der Waals surface area contributed by atoms with Crippen molar-refractivity contribution >= 4 is 18.0 Å². The summed E-state index contributed by atoms with van der Waals surface area (Å²) in [6.45, 7) is 2.15. The number of dihydropyridines is 1. The lowest BCUT2D eigenvalue weighted by atomic mass is 9.90. The number of ether oxygens (including phenoxy) is 4. The van der Waals surface area contributed by atoms with E-state index in [1.165, 1.54) is 24.3 Å². The number of hydrogen-bond acceptors (Lipinski definition) is 12. The number of nitrogens with one attached hydrogen (secondary N) is 1. The van der Waals surface area contributed by atoms with Crippen LogP contribution in [-0.2, 0) is 23.8 Å². The highest BCUT2D eigenvalue weighted by Crippen LogP contribution is 2.40. The monoisotopic (exact) mass is 453 g/mol. The maximum absolute atomic E-state index is 12.1. The topological polar surface area (TPSA) is 179 Å². The summed E-state index contributed by atoms with van der Waals surface area (Å²) in [5, 5.41) is 23.2. The normalized spacial score (nSPS) is 15.4. The van der Waals surface area contributed by atoms with Crippen molar-refractivity contribution in [2.45, 2.75) is 19.8 Å². The van der Waals surface area contributed by atoms with Crippen molar-refractivity contribution < 1.29 is 43.4 Å². The molecule has 1 atom stereocenters. The molecule has 172 valence electrons. The predicted octanol–water partition coefficient (Wildman–Crippen LogP) is 2.89. The zero-order valence-electron chi connectivity index (χ0n) is 17.2. The van der Waals surface area contributed by atoms with Crippen molar-refractivity contribution in [2.24, 2.45) is 0 Å². The number of nitrogens with zero attached hydrogens (tertiary/aromatic N) is 2. The Morgan fingerprint density at radius 1 is 1.03 bits per heavy atom. The quantitative estimate of drug-likeness (QED) is 0.264. The molecule has 0 aromatic heterocycles. The van der Waals surface area contributed by atoms with Gasteiger partial charge in [-0.3, -0.25) is 10.1 Å². The molecule has 0 aliphatic carbocycles. The first-order chi connectivity index (χ1) is 15.1. The molecule has 1 aromatic rings. The van der Waals surface area contributed by atoms with Gasteiger partial charge in [0.2, 0.25) is 0 Å². The van der Waals surface area contributed by atoms with Gasteiger partial charge in [0.15, 0.2) is 0 Å². The fourth-order valence-electron chi connectivity index (χ4n) is 2.84. The number of benzene rings is 1. The van der Waals surface area contributed by atoms with E-state index >= 15 is 0 Å². The number of nitro benzene ring substituents is 1. The van der Waals surface area contributed by atoms with Gasteiger partial charge in [0, 0.05) is 12.1 Å². The van der Waals surface area contributed by atoms with Crippen LogP contribution in [0.4, 0.5) is 15.3 Å². The molecule has 1 unspecified atom stereocenters. The zero-order valence-corrected chi connectivity index (χ0v) is 17.2. The summed E-state index contributed by atoms with van der Waals surface area (Å²) in [5.41, 5.74) is 0.727. The number of rotatable bonds is 8. The Kier molecular flexibility index (Phi) is 7.92. The molecule has 1 aliphatic heterocycles. The molecule has 32 heavy (non-hydrogen) atoms. The average Bonchev–Trinajstić information content (AvgIpc) is 2.74. The lowest BCUT2D eigenvalue weighted by molar-refractivity contribution is -0.757. The first-order valence-electron chi connectivity index (χ1n) is 8.94. The van der Waals surface area contributed by atoms with Gasteiger partial charge in [-0.15, -0.1) is 10.1 Å². The van der Waals surface area contributed by atoms with E-state index in [1.54, 1.807) is 13.8 Å². The Morgan fingerprint density at radius 3 is 2.22 bits per heavy atom. The molecule has 0 bridgehead atoms. The lowest BCUT2D eigenvalue weighted by Gasteiger charge is -2.30. The second kappa shape index (κ2) is 10.6. The smallest absolute Gasteiger partial charge is 0.437 e. The predicted molar refractivity (Wildman–Crippen MR) is 103 cm³/mol. The highest BCUT2D eigenvalue weighted by molar-refractivity contribution is 5.65. The van der Waals surface area contributed by atoms with Gasteiger partial charge in [-0.25, -0.2) is 9.59 Å². The maximum Gasteiger partial charge on any atom is 0.513 e. The Hall–Kier alpha value is -4.36. The van der Waals surface area contributed by atoms with Crippen molar-refractivity contribution in [3.8, 4) is 0 Å². The number of allylic oxidation sites excluding steroid dienone is 2. The van der Waals surface area contributed by atoms with Gasteiger partial charge in [-0.05, 0) is 19.4 Å². The summed E-state index contributed by atoms with van der Waals surface area (Å²) in [7, 11) is 1.10. The van der Waals surface area contributed by atoms with Crippen LogP contribution in [0.3, 0.4) is 0 Å². The van der Waals surface area contributed by atoms with E-state index in [9.17, 15) is 29.8 Å². The van der Waals surface area contributed by atoms with Gasteiger partial charge in [0.25, 0.3) is 10.8 Å².